The molecule has 0 atom stereocenters. The van der Waals surface area contributed by atoms with Crippen LogP contribution in [0.25, 0.3) is 0 Å². The van der Waals surface area contributed by atoms with Crippen LogP contribution in [0.2, 0.25) is 5.02 Å². The molecular weight excluding hydrogens is 404 g/mol. The quantitative estimate of drug-likeness (QED) is 0.727. The van der Waals surface area contributed by atoms with Crippen LogP contribution in [0.15, 0.2) is 47.4 Å². The number of benzene rings is 2. The third-order valence-electron chi connectivity index (χ3n) is 3.08. The number of alkyl halides is 1. The van der Waals surface area contributed by atoms with Crippen LogP contribution in [0.1, 0.15) is 5.56 Å². The summed E-state index contributed by atoms with van der Waals surface area (Å²) in [7, 11) is -3.72. The first kappa shape index (κ1) is 17.8. The monoisotopic (exact) mass is 416 g/mol. The smallest absolute Gasteiger partial charge is 0.261 e. The molecule has 23 heavy (non-hydrogen) atoms. The van der Waals surface area contributed by atoms with Crippen molar-refractivity contribution < 1.29 is 13.2 Å². The first-order valence-electron chi connectivity index (χ1n) is 6.58. The lowest BCUT2D eigenvalue weighted by Crippen LogP contribution is -2.15. The molecule has 0 fully saturated rings. The molecule has 122 valence electrons. The molecule has 1 amide bonds. The van der Waals surface area contributed by atoms with Gasteiger partial charge in [0.2, 0.25) is 5.91 Å². The van der Waals surface area contributed by atoms with Gasteiger partial charge in [-0.3, -0.25) is 9.52 Å². The summed E-state index contributed by atoms with van der Waals surface area (Å²) in [5, 5.41) is 3.07. The van der Waals surface area contributed by atoms with Gasteiger partial charge in [0.1, 0.15) is 0 Å². The predicted molar refractivity (Wildman–Crippen MR) is 95.9 cm³/mol. The molecule has 0 saturated heterocycles. The average Bonchev–Trinajstić information content (AvgIpc) is 2.55. The van der Waals surface area contributed by atoms with Crippen LogP contribution in [0.5, 0.6) is 0 Å². The van der Waals surface area contributed by atoms with E-state index in [0.717, 1.165) is 0 Å². The molecule has 0 unspecified atom stereocenters. The van der Waals surface area contributed by atoms with Crippen molar-refractivity contribution in [2.24, 2.45) is 0 Å². The maximum Gasteiger partial charge on any atom is 0.261 e. The fourth-order valence-electron chi connectivity index (χ4n) is 1.89. The van der Waals surface area contributed by atoms with Crippen LogP contribution in [0, 0.1) is 6.92 Å². The van der Waals surface area contributed by atoms with Gasteiger partial charge in [0.15, 0.2) is 0 Å². The molecule has 0 saturated carbocycles. The summed E-state index contributed by atoms with van der Waals surface area (Å²) in [6.45, 7) is 1.70. The van der Waals surface area contributed by atoms with Crippen molar-refractivity contribution in [1.82, 2.24) is 0 Å². The van der Waals surface area contributed by atoms with E-state index in [9.17, 15) is 13.2 Å². The van der Waals surface area contributed by atoms with E-state index in [0.29, 0.717) is 11.3 Å². The minimum absolute atomic E-state index is 0.144. The minimum Gasteiger partial charge on any atom is -0.325 e. The number of nitrogens with one attached hydrogen (secondary N) is 2. The van der Waals surface area contributed by atoms with Crippen molar-refractivity contribution in [3.05, 3.63) is 53.1 Å². The number of rotatable bonds is 5. The average molecular weight is 418 g/mol. The van der Waals surface area contributed by atoms with Gasteiger partial charge in [-0.05, 0) is 36.8 Å². The van der Waals surface area contributed by atoms with Crippen LogP contribution in [0.3, 0.4) is 0 Å². The van der Waals surface area contributed by atoms with Crippen LogP contribution >= 0.6 is 27.5 Å². The van der Waals surface area contributed by atoms with Gasteiger partial charge in [-0.15, -0.1) is 0 Å². The molecule has 5 nitrogen and oxygen atoms in total. The van der Waals surface area contributed by atoms with Gasteiger partial charge in [0.25, 0.3) is 10.0 Å². The van der Waals surface area contributed by atoms with E-state index in [1.54, 1.807) is 31.2 Å². The normalized spacial score (nSPS) is 11.1. The van der Waals surface area contributed by atoms with Gasteiger partial charge in [-0.2, -0.15) is 0 Å². The van der Waals surface area contributed by atoms with Gasteiger partial charge in [-0.25, -0.2) is 8.42 Å². The highest BCUT2D eigenvalue weighted by molar-refractivity contribution is 9.09. The van der Waals surface area contributed by atoms with Crippen molar-refractivity contribution >= 4 is 54.8 Å². The zero-order valence-corrected chi connectivity index (χ0v) is 15.3. The fourth-order valence-corrected chi connectivity index (χ4v) is 3.39. The van der Waals surface area contributed by atoms with Crippen LogP contribution < -0.4 is 10.0 Å². The molecule has 0 aliphatic heterocycles. The summed E-state index contributed by atoms with van der Waals surface area (Å²) in [5.74, 6) is -0.221. The van der Waals surface area contributed by atoms with Crippen molar-refractivity contribution in [3.8, 4) is 0 Å². The van der Waals surface area contributed by atoms with Crippen LogP contribution in [0.4, 0.5) is 11.4 Å². The fraction of sp³-hybridized carbons (Fsp3) is 0.133. The Bertz CT molecular complexity index is 826. The molecule has 0 spiro atoms. The highest BCUT2D eigenvalue weighted by Gasteiger charge is 2.17. The van der Waals surface area contributed by atoms with Crippen LogP contribution in [-0.2, 0) is 14.8 Å². The van der Waals surface area contributed by atoms with Gasteiger partial charge in [-0.1, -0.05) is 45.7 Å². The van der Waals surface area contributed by atoms with Crippen molar-refractivity contribution in [3.63, 3.8) is 0 Å². The maximum atomic E-state index is 12.3. The first-order chi connectivity index (χ1) is 10.8. The zero-order chi connectivity index (χ0) is 17.0. The molecule has 0 aliphatic carbocycles. The Morgan fingerprint density at radius 1 is 1.13 bits per heavy atom. The number of amides is 1. The number of hydrogen-bond donors (Lipinski definition) is 2. The van der Waals surface area contributed by atoms with E-state index in [1.807, 2.05) is 0 Å². The summed E-state index contributed by atoms with van der Waals surface area (Å²) < 4.78 is 27.1. The van der Waals surface area contributed by atoms with E-state index in [2.05, 4.69) is 26.0 Å². The van der Waals surface area contributed by atoms with E-state index in [-0.39, 0.29) is 26.8 Å². The summed E-state index contributed by atoms with van der Waals surface area (Å²) in [6.07, 6.45) is 0. The lowest BCUT2D eigenvalue weighted by molar-refractivity contribution is -0.113. The Hall–Kier alpha value is -1.57. The Balaban J connectivity index is 2.31. The molecule has 0 radical (unpaired) electrons. The number of anilines is 2. The number of sulfonamides is 1. The minimum atomic E-state index is -3.72. The molecule has 2 rings (SSSR count). The summed E-state index contributed by atoms with van der Waals surface area (Å²) in [6, 6.07) is 11.1. The van der Waals surface area contributed by atoms with Crippen molar-refractivity contribution in [2.75, 3.05) is 15.4 Å². The Morgan fingerprint density at radius 2 is 1.74 bits per heavy atom. The summed E-state index contributed by atoms with van der Waals surface area (Å²) >= 11 is 9.29. The van der Waals surface area contributed by atoms with Gasteiger partial charge in [0, 0.05) is 5.69 Å². The third-order valence-corrected chi connectivity index (χ3v) is 5.46. The Labute approximate surface area is 148 Å². The lowest BCUT2D eigenvalue weighted by Gasteiger charge is -2.14. The second-order valence-corrected chi connectivity index (χ2v) is 7.32. The summed E-state index contributed by atoms with van der Waals surface area (Å²) in [5.41, 5.74) is 1.36. The molecule has 0 aliphatic rings. The molecule has 0 bridgehead atoms. The number of carbonyl (C=O) groups is 1. The topological polar surface area (TPSA) is 75.3 Å². The predicted octanol–water partition coefficient (Wildman–Crippen LogP) is 3.78. The molecular formula is C15H14BrClN2O3S. The molecule has 8 heteroatoms. The molecule has 0 aromatic heterocycles. The maximum absolute atomic E-state index is 12.3. The highest BCUT2D eigenvalue weighted by Crippen LogP contribution is 2.32. The third kappa shape index (κ3) is 4.25. The van der Waals surface area contributed by atoms with Crippen molar-refractivity contribution in [2.45, 2.75) is 11.8 Å². The van der Waals surface area contributed by atoms with E-state index < -0.39 is 10.0 Å². The molecule has 2 N–H and O–H groups in total. The Kier molecular flexibility index (Phi) is 5.67. The standard InChI is InChI=1S/C15H14BrClN2O3S/c1-10-12(18-14(20)9-16)7-8-13(15(10)17)19-23(21,22)11-5-3-2-4-6-11/h2-8,19H,9H2,1H3,(H,18,20). The van der Waals surface area contributed by atoms with Crippen LogP contribution in [-0.4, -0.2) is 19.7 Å². The van der Waals surface area contributed by atoms with Crippen molar-refractivity contribution in [1.29, 1.82) is 0 Å². The molecule has 0 heterocycles. The van der Waals surface area contributed by atoms with Gasteiger partial charge in [0.05, 0.1) is 20.9 Å². The molecule has 2 aromatic carbocycles. The summed E-state index contributed by atoms with van der Waals surface area (Å²) in [4.78, 5) is 11.6. The van der Waals surface area contributed by atoms with E-state index >= 15 is 0 Å². The number of carbonyl (C=O) groups excluding carboxylic acids is 1. The zero-order valence-electron chi connectivity index (χ0n) is 12.1. The second kappa shape index (κ2) is 7.33. The van der Waals surface area contributed by atoms with Gasteiger partial charge >= 0.3 is 0 Å². The highest BCUT2D eigenvalue weighted by atomic mass is 79.9. The number of hydrogen-bond acceptors (Lipinski definition) is 3. The van der Waals surface area contributed by atoms with Gasteiger partial charge < -0.3 is 5.32 Å². The first-order valence-corrected chi connectivity index (χ1v) is 9.56. The van der Waals surface area contributed by atoms with E-state index in [1.165, 1.54) is 18.2 Å². The second-order valence-electron chi connectivity index (χ2n) is 4.70. The SMILES string of the molecule is Cc1c(NC(=O)CBr)ccc(NS(=O)(=O)c2ccccc2)c1Cl. The molecule has 2 aromatic rings. The Morgan fingerprint density at radius 3 is 2.35 bits per heavy atom. The number of halogens is 2. The lowest BCUT2D eigenvalue weighted by atomic mass is 10.2. The largest absolute Gasteiger partial charge is 0.325 e. The van der Waals surface area contributed by atoms with E-state index in [4.69, 9.17) is 11.6 Å².